The molecule has 0 aliphatic heterocycles. The molecule has 0 unspecified atom stereocenters. The molecule has 0 aliphatic carbocycles. The number of rotatable bonds is 10. The molecule has 1 amide bonds. The minimum atomic E-state index is -0.444. The predicted octanol–water partition coefficient (Wildman–Crippen LogP) is 5.59. The molecule has 7 nitrogen and oxygen atoms in total. The average molecular weight is 470 g/mol. The molecular weight excluding hydrogens is 442 g/mol. The summed E-state index contributed by atoms with van der Waals surface area (Å²) in [5.41, 5.74) is 6.70. The number of hydrogen-bond donors (Lipinski definition) is 1. The Kier molecular flexibility index (Phi) is 7.47. The third-order valence-corrected chi connectivity index (χ3v) is 5.26. The first kappa shape index (κ1) is 23.6. The average Bonchev–Trinajstić information content (AvgIpc) is 3.49. The first-order chi connectivity index (χ1) is 17.0. The van der Waals surface area contributed by atoms with Crippen LogP contribution in [0.3, 0.4) is 0 Å². The molecule has 178 valence electrons. The molecule has 0 atom stereocenters. The van der Waals surface area contributed by atoms with E-state index in [1.165, 1.54) is 11.4 Å². The van der Waals surface area contributed by atoms with E-state index in [1.54, 1.807) is 24.4 Å². The second-order valence-electron chi connectivity index (χ2n) is 7.87. The number of nitrogens with zero attached hydrogens (tertiary/aromatic N) is 2. The molecule has 4 rings (SSSR count). The van der Waals surface area contributed by atoms with Crippen LogP contribution in [-0.4, -0.2) is 23.3 Å². The molecule has 2 heterocycles. The second-order valence-corrected chi connectivity index (χ2v) is 7.87. The number of furan rings is 1. The lowest BCUT2D eigenvalue weighted by atomic mass is 10.2. The van der Waals surface area contributed by atoms with E-state index in [-0.39, 0.29) is 12.4 Å². The monoisotopic (exact) mass is 469 g/mol. The molecule has 7 heteroatoms. The predicted molar refractivity (Wildman–Crippen MR) is 135 cm³/mol. The third-order valence-electron chi connectivity index (χ3n) is 5.26. The largest absolute Gasteiger partial charge is 0.490 e. The Labute approximate surface area is 204 Å². The van der Waals surface area contributed by atoms with Gasteiger partial charge in [-0.1, -0.05) is 12.7 Å². The highest BCUT2D eigenvalue weighted by Gasteiger charge is 2.11. The van der Waals surface area contributed by atoms with E-state index in [0.717, 1.165) is 17.0 Å². The van der Waals surface area contributed by atoms with Gasteiger partial charge < -0.3 is 18.5 Å². The summed E-state index contributed by atoms with van der Waals surface area (Å²) in [6.45, 7) is 8.42. The van der Waals surface area contributed by atoms with Crippen LogP contribution in [0.2, 0.25) is 0 Å². The number of amides is 1. The fraction of sp³-hybridized carbons (Fsp3) is 0.143. The van der Waals surface area contributed by atoms with Gasteiger partial charge >= 0.3 is 5.91 Å². The number of carbonyl (C=O) groups excluding carboxylic acids is 1. The van der Waals surface area contributed by atoms with E-state index in [2.05, 4.69) is 47.7 Å². The normalized spacial score (nSPS) is 10.9. The highest BCUT2D eigenvalue weighted by atomic mass is 16.5. The van der Waals surface area contributed by atoms with Gasteiger partial charge in [0, 0.05) is 17.1 Å². The van der Waals surface area contributed by atoms with Crippen LogP contribution >= 0.6 is 0 Å². The van der Waals surface area contributed by atoms with Gasteiger partial charge in [-0.05, 0) is 92.2 Å². The number of aromatic nitrogens is 1. The van der Waals surface area contributed by atoms with Crippen LogP contribution in [-0.2, 0) is 6.61 Å². The highest BCUT2D eigenvalue weighted by molar-refractivity contribution is 5.92. The fourth-order valence-electron chi connectivity index (χ4n) is 3.52. The molecule has 0 fully saturated rings. The van der Waals surface area contributed by atoms with Crippen LogP contribution in [0.4, 0.5) is 0 Å². The minimum Gasteiger partial charge on any atom is -0.490 e. The molecule has 0 radical (unpaired) electrons. The lowest BCUT2D eigenvalue weighted by Gasteiger charge is -2.10. The fourth-order valence-corrected chi connectivity index (χ4v) is 3.52. The van der Waals surface area contributed by atoms with Gasteiger partial charge in [0.15, 0.2) is 5.76 Å². The standard InChI is InChI=1S/C28H27N3O4/c1-4-17-33-24-11-7-22(8-12-24)18-29-30-28(32)27-16-15-26(35-27)19-34-25-13-9-23(10-14-25)31-20(2)5-6-21(31)3/h4-16,18H,1,17,19H2,2-3H3,(H,30,32). The Morgan fingerprint density at radius 1 is 0.943 bits per heavy atom. The zero-order valence-electron chi connectivity index (χ0n) is 19.7. The number of aryl methyl sites for hydroxylation is 2. The van der Waals surface area contributed by atoms with Crippen LogP contribution in [0, 0.1) is 13.8 Å². The van der Waals surface area contributed by atoms with E-state index in [9.17, 15) is 4.79 Å². The van der Waals surface area contributed by atoms with E-state index < -0.39 is 5.91 Å². The summed E-state index contributed by atoms with van der Waals surface area (Å²) in [7, 11) is 0. The van der Waals surface area contributed by atoms with Gasteiger partial charge in [-0.15, -0.1) is 0 Å². The zero-order chi connectivity index (χ0) is 24.6. The Hall–Kier alpha value is -4.52. The third kappa shape index (κ3) is 6.09. The Morgan fingerprint density at radius 2 is 1.60 bits per heavy atom. The lowest BCUT2D eigenvalue weighted by molar-refractivity contribution is 0.0923. The van der Waals surface area contributed by atoms with Crippen molar-refractivity contribution in [3.05, 3.63) is 114 Å². The molecule has 4 aromatic rings. The summed E-state index contributed by atoms with van der Waals surface area (Å²) in [5, 5.41) is 3.98. The maximum atomic E-state index is 12.3. The molecule has 1 N–H and O–H groups in total. The maximum absolute atomic E-state index is 12.3. The van der Waals surface area contributed by atoms with Crippen molar-refractivity contribution in [1.82, 2.24) is 9.99 Å². The SMILES string of the molecule is C=CCOc1ccc(C=NNC(=O)c2ccc(COc3ccc(-n4c(C)ccc4C)cc3)o2)cc1. The van der Waals surface area contributed by atoms with Crippen LogP contribution in [0.25, 0.3) is 5.69 Å². The molecule has 0 saturated heterocycles. The topological polar surface area (TPSA) is 78.0 Å². The maximum Gasteiger partial charge on any atom is 0.307 e. The molecular formula is C28H27N3O4. The summed E-state index contributed by atoms with van der Waals surface area (Å²) in [5.74, 6) is 1.70. The van der Waals surface area contributed by atoms with Crippen LogP contribution in [0.5, 0.6) is 11.5 Å². The smallest absolute Gasteiger partial charge is 0.307 e. The van der Waals surface area contributed by atoms with Crippen molar-refractivity contribution in [2.45, 2.75) is 20.5 Å². The van der Waals surface area contributed by atoms with Crippen molar-refractivity contribution in [1.29, 1.82) is 0 Å². The van der Waals surface area contributed by atoms with Gasteiger partial charge in [0.1, 0.15) is 30.5 Å². The Morgan fingerprint density at radius 3 is 2.29 bits per heavy atom. The quantitative estimate of drug-likeness (QED) is 0.186. The number of nitrogens with one attached hydrogen (secondary N) is 1. The number of hydrogen-bond acceptors (Lipinski definition) is 5. The Balaban J connectivity index is 1.27. The first-order valence-corrected chi connectivity index (χ1v) is 11.2. The van der Waals surface area contributed by atoms with E-state index in [1.807, 2.05) is 48.5 Å². The van der Waals surface area contributed by atoms with Crippen molar-refractivity contribution in [2.75, 3.05) is 6.61 Å². The summed E-state index contributed by atoms with van der Waals surface area (Å²) >= 11 is 0. The molecule has 0 saturated carbocycles. The van der Waals surface area contributed by atoms with Gasteiger partial charge in [-0.25, -0.2) is 5.43 Å². The highest BCUT2D eigenvalue weighted by Crippen LogP contribution is 2.21. The van der Waals surface area contributed by atoms with E-state index in [0.29, 0.717) is 18.1 Å². The van der Waals surface area contributed by atoms with E-state index in [4.69, 9.17) is 13.9 Å². The van der Waals surface area contributed by atoms with Crippen LogP contribution < -0.4 is 14.9 Å². The molecule has 35 heavy (non-hydrogen) atoms. The summed E-state index contributed by atoms with van der Waals surface area (Å²) in [6.07, 6.45) is 3.23. The molecule has 0 bridgehead atoms. The van der Waals surface area contributed by atoms with Gasteiger partial charge in [-0.3, -0.25) is 4.79 Å². The number of benzene rings is 2. The van der Waals surface area contributed by atoms with Gasteiger partial charge in [0.2, 0.25) is 0 Å². The molecule has 2 aromatic heterocycles. The van der Waals surface area contributed by atoms with Crippen molar-refractivity contribution >= 4 is 12.1 Å². The lowest BCUT2D eigenvalue weighted by Crippen LogP contribution is -2.16. The molecule has 2 aromatic carbocycles. The Bertz CT molecular complexity index is 1300. The van der Waals surface area contributed by atoms with Crippen LogP contribution in [0.15, 0.2) is 95.0 Å². The number of carbonyl (C=O) groups is 1. The van der Waals surface area contributed by atoms with Crippen molar-refractivity contribution < 1.29 is 18.7 Å². The molecule has 0 aliphatic rings. The number of ether oxygens (including phenoxy) is 2. The minimum absolute atomic E-state index is 0.155. The summed E-state index contributed by atoms with van der Waals surface area (Å²) in [6, 6.07) is 22.7. The van der Waals surface area contributed by atoms with Crippen molar-refractivity contribution in [2.24, 2.45) is 5.10 Å². The van der Waals surface area contributed by atoms with Gasteiger partial charge in [-0.2, -0.15) is 5.10 Å². The second kappa shape index (κ2) is 11.1. The summed E-state index contributed by atoms with van der Waals surface area (Å²) in [4.78, 5) is 12.3. The van der Waals surface area contributed by atoms with Gasteiger partial charge in [0.25, 0.3) is 0 Å². The van der Waals surface area contributed by atoms with Crippen LogP contribution in [0.1, 0.15) is 33.3 Å². The van der Waals surface area contributed by atoms with Crippen molar-refractivity contribution in [3.8, 4) is 17.2 Å². The summed E-state index contributed by atoms with van der Waals surface area (Å²) < 4.78 is 19.0. The zero-order valence-corrected chi connectivity index (χ0v) is 19.7. The van der Waals surface area contributed by atoms with E-state index >= 15 is 0 Å². The van der Waals surface area contributed by atoms with Gasteiger partial charge in [0.05, 0.1) is 6.21 Å². The first-order valence-electron chi connectivity index (χ1n) is 11.2. The number of hydrazone groups is 1. The molecule has 0 spiro atoms. The van der Waals surface area contributed by atoms with Crippen molar-refractivity contribution in [3.63, 3.8) is 0 Å².